The van der Waals surface area contributed by atoms with Gasteiger partial charge in [-0.25, -0.2) is 13.8 Å². The van der Waals surface area contributed by atoms with Crippen molar-refractivity contribution in [1.29, 1.82) is 0 Å². The van der Waals surface area contributed by atoms with Crippen molar-refractivity contribution < 1.29 is 37.5 Å². The molecule has 1 aliphatic heterocycles. The van der Waals surface area contributed by atoms with Gasteiger partial charge in [0.2, 0.25) is 0 Å². The summed E-state index contributed by atoms with van der Waals surface area (Å²) in [7, 11) is -0.454. The molecule has 1 saturated heterocycles. The van der Waals surface area contributed by atoms with Gasteiger partial charge < -0.3 is 19.5 Å². The van der Waals surface area contributed by atoms with Crippen LogP contribution in [0.25, 0.3) is 0 Å². The zero-order valence-electron chi connectivity index (χ0n) is 15.6. The molecular formula is C13H22B2FN2O9P. The molecule has 5 atom stereocenters. The van der Waals surface area contributed by atoms with Crippen LogP contribution in [0.1, 0.15) is 12.6 Å². The summed E-state index contributed by atoms with van der Waals surface area (Å²) in [6.45, 7) is 0.194. The number of aliphatic hydroxyl groups is 1. The predicted octanol–water partition coefficient (Wildman–Crippen LogP) is -2.78. The van der Waals surface area contributed by atoms with Crippen molar-refractivity contribution in [2.45, 2.75) is 36.4 Å². The Morgan fingerprint density at radius 2 is 2.11 bits per heavy atom. The highest BCUT2D eigenvalue weighted by Crippen LogP contribution is 2.49. The molecule has 0 amide bonds. The molecule has 5 unspecified atom stereocenters. The highest BCUT2D eigenvalue weighted by Gasteiger charge is 2.53. The molecule has 0 aromatic carbocycles. The fraction of sp³-hybridized carbons (Fsp3) is 0.692. The highest BCUT2D eigenvalue weighted by atomic mass is 31.2. The number of phosphoric acid groups is 1. The molecule has 3 N–H and O–H groups in total. The van der Waals surface area contributed by atoms with Crippen molar-refractivity contribution in [1.82, 2.24) is 9.55 Å². The van der Waals surface area contributed by atoms with E-state index in [2.05, 4.69) is 0 Å². The van der Waals surface area contributed by atoms with Crippen molar-refractivity contribution in [2.24, 2.45) is 0 Å². The van der Waals surface area contributed by atoms with Crippen LogP contribution in [0.5, 0.6) is 0 Å². The van der Waals surface area contributed by atoms with E-state index in [1.54, 1.807) is 0 Å². The molecule has 11 nitrogen and oxygen atoms in total. The first-order valence-corrected chi connectivity index (χ1v) is 9.94. The monoisotopic (exact) mass is 422 g/mol. The van der Waals surface area contributed by atoms with Crippen LogP contribution < -0.4 is 11.2 Å². The van der Waals surface area contributed by atoms with Gasteiger partial charge in [0.25, 0.3) is 5.56 Å². The average molecular weight is 422 g/mol. The Kier molecular flexibility index (Phi) is 7.43. The van der Waals surface area contributed by atoms with E-state index in [0.29, 0.717) is 13.0 Å². The number of phosphoric ester groups is 1. The number of hydrogen-bond acceptors (Lipinski definition) is 8. The van der Waals surface area contributed by atoms with E-state index in [0.717, 1.165) is 16.8 Å². The van der Waals surface area contributed by atoms with Crippen LogP contribution in [0.2, 0.25) is 0 Å². The minimum Gasteiger partial charge on any atom is -0.387 e. The molecule has 1 aromatic rings. The van der Waals surface area contributed by atoms with Gasteiger partial charge in [0.1, 0.15) is 27.9 Å². The number of ether oxygens (including phenoxy) is 2. The number of H-pyrrole nitrogens is 1. The summed E-state index contributed by atoms with van der Waals surface area (Å²) in [6.07, 6.45) is -5.43. The van der Waals surface area contributed by atoms with E-state index in [-0.39, 0.29) is 6.61 Å². The van der Waals surface area contributed by atoms with Gasteiger partial charge in [-0.15, -0.1) is 0 Å². The largest absolute Gasteiger partial charge is 0.471 e. The summed E-state index contributed by atoms with van der Waals surface area (Å²) in [5, 5.41) is 8.56. The van der Waals surface area contributed by atoms with Crippen LogP contribution in [-0.2, 0) is 23.1 Å². The second-order valence-electron chi connectivity index (χ2n) is 6.74. The Morgan fingerprint density at radius 1 is 1.43 bits per heavy atom. The summed E-state index contributed by atoms with van der Waals surface area (Å²) in [5.74, 6) is 0. The summed E-state index contributed by atoms with van der Waals surface area (Å²) in [4.78, 5) is 34.8. The second kappa shape index (κ2) is 9.04. The van der Waals surface area contributed by atoms with Gasteiger partial charge in [0, 0.05) is 31.4 Å². The quantitative estimate of drug-likeness (QED) is 0.218. The van der Waals surface area contributed by atoms with E-state index in [1.807, 2.05) is 4.98 Å². The molecule has 28 heavy (non-hydrogen) atoms. The summed E-state index contributed by atoms with van der Waals surface area (Å²) in [5.41, 5.74) is -1.61. The smallest absolute Gasteiger partial charge is 0.387 e. The van der Waals surface area contributed by atoms with Crippen LogP contribution in [0.4, 0.5) is 4.39 Å². The van der Waals surface area contributed by atoms with E-state index in [1.165, 1.54) is 22.8 Å². The zero-order chi connectivity index (χ0) is 21.1. The van der Waals surface area contributed by atoms with Crippen LogP contribution in [-0.4, -0.2) is 79.3 Å². The van der Waals surface area contributed by atoms with Crippen molar-refractivity contribution in [3.05, 3.63) is 33.1 Å². The molecule has 0 saturated carbocycles. The normalized spacial score (nSPS) is 27.6. The van der Waals surface area contributed by atoms with E-state index < -0.39 is 49.1 Å². The minimum absolute atomic E-state index is 0.118. The minimum atomic E-state index is -4.55. The lowest BCUT2D eigenvalue weighted by molar-refractivity contribution is -0.0741. The third-order valence-corrected chi connectivity index (χ3v) is 5.31. The first-order chi connectivity index (χ1) is 13.0. The standard InChI is InChI=1S/C13H22B2FN2O9P/c1-24-5-2-6-25-28(22,23)27-13(14,15)10-9(20)8(16)11(26-10)18-4-3-7(19)17-12(18)21/h3-4,8-11,20H,2,5-6,14-15H2,1H3,(H,22,23)(H,17,19,21). The molecule has 1 aliphatic rings. The van der Waals surface area contributed by atoms with Gasteiger partial charge in [-0.3, -0.25) is 23.4 Å². The first-order valence-electron chi connectivity index (χ1n) is 8.44. The lowest BCUT2D eigenvalue weighted by Crippen LogP contribution is -2.51. The number of aromatic nitrogens is 2. The Balaban J connectivity index is 2.13. The molecule has 0 spiro atoms. The van der Waals surface area contributed by atoms with Gasteiger partial charge in [0.05, 0.1) is 6.61 Å². The number of nitrogens with one attached hydrogen (secondary N) is 1. The van der Waals surface area contributed by atoms with Gasteiger partial charge in [-0.2, -0.15) is 0 Å². The number of hydrogen-bond donors (Lipinski definition) is 3. The van der Waals surface area contributed by atoms with Crippen LogP contribution in [0, 0.1) is 0 Å². The average Bonchev–Trinajstić information content (AvgIpc) is 2.87. The number of alkyl halides is 1. The Hall–Kier alpha value is -1.27. The highest BCUT2D eigenvalue weighted by molar-refractivity contribution is 7.47. The second-order valence-corrected chi connectivity index (χ2v) is 8.12. The van der Waals surface area contributed by atoms with Crippen LogP contribution >= 0.6 is 7.82 Å². The number of rotatable bonds is 9. The van der Waals surface area contributed by atoms with Gasteiger partial charge >= 0.3 is 13.5 Å². The van der Waals surface area contributed by atoms with Crippen LogP contribution in [0.3, 0.4) is 0 Å². The summed E-state index contributed by atoms with van der Waals surface area (Å²) in [6, 6.07) is 0.995. The molecule has 0 aliphatic carbocycles. The van der Waals surface area contributed by atoms with E-state index in [9.17, 15) is 28.5 Å². The maximum absolute atomic E-state index is 14.6. The lowest BCUT2D eigenvalue weighted by Gasteiger charge is -2.34. The fourth-order valence-corrected chi connectivity index (χ4v) is 3.93. The fourth-order valence-electron chi connectivity index (χ4n) is 2.82. The third kappa shape index (κ3) is 5.41. The molecule has 1 fully saturated rings. The molecule has 2 heterocycles. The first kappa shape index (κ1) is 23.0. The Labute approximate surface area is 161 Å². The van der Waals surface area contributed by atoms with Gasteiger partial charge in [0.15, 0.2) is 12.4 Å². The van der Waals surface area contributed by atoms with Crippen molar-refractivity contribution >= 4 is 23.5 Å². The molecule has 0 radical (unpaired) electrons. The lowest BCUT2D eigenvalue weighted by atomic mass is 9.61. The molecule has 0 bridgehead atoms. The number of aliphatic hydroxyl groups excluding tert-OH is 1. The number of nitrogens with zero attached hydrogens (tertiary/aromatic N) is 1. The number of halogens is 1. The maximum atomic E-state index is 14.6. The third-order valence-electron chi connectivity index (χ3n) is 4.10. The van der Waals surface area contributed by atoms with E-state index in [4.69, 9.17) is 18.5 Å². The topological polar surface area (TPSA) is 149 Å². The SMILES string of the molecule is BC(B)(OP(=O)(O)OCCCOC)C1OC(n2ccc(=O)[nH]c2=O)C(F)C1O. The molecule has 156 valence electrons. The molecule has 1 aromatic heterocycles. The molecular weight excluding hydrogens is 400 g/mol. The Morgan fingerprint density at radius 3 is 2.71 bits per heavy atom. The Bertz CT molecular complexity index is 835. The number of methoxy groups -OCH3 is 1. The summed E-state index contributed by atoms with van der Waals surface area (Å²) >= 11 is 0. The predicted molar refractivity (Wildman–Crippen MR) is 99.3 cm³/mol. The zero-order valence-corrected chi connectivity index (χ0v) is 16.5. The van der Waals surface area contributed by atoms with Gasteiger partial charge in [-0.1, -0.05) is 0 Å². The van der Waals surface area contributed by atoms with Gasteiger partial charge in [-0.05, 0) is 6.42 Å². The van der Waals surface area contributed by atoms with Crippen molar-refractivity contribution in [2.75, 3.05) is 20.3 Å². The van der Waals surface area contributed by atoms with Crippen molar-refractivity contribution in [3.63, 3.8) is 0 Å². The van der Waals surface area contributed by atoms with E-state index >= 15 is 0 Å². The maximum Gasteiger partial charge on any atom is 0.471 e. The van der Waals surface area contributed by atoms with Crippen LogP contribution in [0.15, 0.2) is 21.9 Å². The number of aromatic amines is 1. The molecule has 15 heteroatoms. The van der Waals surface area contributed by atoms with Crippen molar-refractivity contribution in [3.8, 4) is 0 Å². The summed E-state index contributed by atoms with van der Waals surface area (Å²) < 4.78 is 47.6. The molecule has 2 rings (SSSR count).